The molecule has 1 unspecified atom stereocenters. The Morgan fingerprint density at radius 1 is 1.48 bits per heavy atom. The highest BCUT2D eigenvalue weighted by Gasteiger charge is 2.22. The number of benzene rings is 1. The van der Waals surface area contributed by atoms with Crippen LogP contribution in [0.4, 0.5) is 0 Å². The van der Waals surface area contributed by atoms with Crippen molar-refractivity contribution < 1.29 is 4.74 Å². The van der Waals surface area contributed by atoms with Crippen LogP contribution in [0.5, 0.6) is 5.75 Å². The van der Waals surface area contributed by atoms with E-state index in [1.54, 1.807) is 13.3 Å². The molecule has 0 spiro atoms. The van der Waals surface area contributed by atoms with E-state index in [2.05, 4.69) is 33.3 Å². The molecule has 2 aromatic rings. The highest BCUT2D eigenvalue weighted by molar-refractivity contribution is 9.10. The van der Waals surface area contributed by atoms with Crippen LogP contribution >= 0.6 is 27.5 Å². The number of ether oxygens (including phenoxy) is 1. The molecule has 1 N–H and O–H groups in total. The van der Waals surface area contributed by atoms with Crippen LogP contribution in [0.2, 0.25) is 5.02 Å². The summed E-state index contributed by atoms with van der Waals surface area (Å²) in [6, 6.07) is 5.92. The number of aromatic nitrogens is 2. The molecule has 0 radical (unpaired) electrons. The number of nitrogens with one attached hydrogen (secondary N) is 1. The second-order valence-electron chi connectivity index (χ2n) is 4.72. The van der Waals surface area contributed by atoms with E-state index in [-0.39, 0.29) is 6.04 Å². The summed E-state index contributed by atoms with van der Waals surface area (Å²) in [5.41, 5.74) is 2.09. The molecule has 1 aromatic heterocycles. The average molecular weight is 373 g/mol. The van der Waals surface area contributed by atoms with E-state index in [1.165, 1.54) is 0 Å². The fourth-order valence-corrected chi connectivity index (χ4v) is 2.81. The molecule has 0 aliphatic rings. The molecule has 0 aliphatic carbocycles. The van der Waals surface area contributed by atoms with Crippen molar-refractivity contribution >= 4 is 27.5 Å². The molecular formula is C15H19BrClN3O. The number of methoxy groups -OCH3 is 1. The Bertz CT molecular complexity index is 615. The number of rotatable bonds is 6. The van der Waals surface area contributed by atoms with Crippen LogP contribution in [0, 0.1) is 0 Å². The van der Waals surface area contributed by atoms with Crippen molar-refractivity contribution in [2.24, 2.45) is 0 Å². The van der Waals surface area contributed by atoms with Crippen molar-refractivity contribution in [1.29, 1.82) is 0 Å². The van der Waals surface area contributed by atoms with E-state index >= 15 is 0 Å². The van der Waals surface area contributed by atoms with Crippen molar-refractivity contribution in [1.82, 2.24) is 15.1 Å². The standard InChI is InChI=1S/C15H19BrClN3O/c1-4-7-20-15(13(21-3)9-19-20)14(18-2)10-5-6-11(16)12(17)8-10/h5-6,8-9,14,18H,4,7H2,1-3H3. The Labute approximate surface area is 138 Å². The van der Waals surface area contributed by atoms with Crippen molar-refractivity contribution in [3.63, 3.8) is 0 Å². The largest absolute Gasteiger partial charge is 0.493 e. The molecule has 6 heteroatoms. The van der Waals surface area contributed by atoms with Crippen LogP contribution in [0.25, 0.3) is 0 Å². The van der Waals surface area contributed by atoms with Crippen LogP contribution in [0.1, 0.15) is 30.6 Å². The predicted octanol–water partition coefficient (Wildman–Crippen LogP) is 4.03. The van der Waals surface area contributed by atoms with Gasteiger partial charge in [0.1, 0.15) is 5.69 Å². The number of hydrogen-bond donors (Lipinski definition) is 1. The molecule has 0 saturated heterocycles. The van der Waals surface area contributed by atoms with Gasteiger partial charge in [-0.15, -0.1) is 0 Å². The fraction of sp³-hybridized carbons (Fsp3) is 0.400. The van der Waals surface area contributed by atoms with E-state index in [0.29, 0.717) is 5.02 Å². The van der Waals surface area contributed by atoms with Gasteiger partial charge < -0.3 is 10.1 Å². The molecule has 4 nitrogen and oxygen atoms in total. The van der Waals surface area contributed by atoms with Gasteiger partial charge in [0, 0.05) is 11.0 Å². The number of halogens is 2. The lowest BCUT2D eigenvalue weighted by Crippen LogP contribution is -2.22. The Morgan fingerprint density at radius 3 is 2.81 bits per heavy atom. The molecule has 0 bridgehead atoms. The van der Waals surface area contributed by atoms with Gasteiger partial charge in [-0.2, -0.15) is 5.10 Å². The smallest absolute Gasteiger partial charge is 0.161 e. The second-order valence-corrected chi connectivity index (χ2v) is 5.98. The molecule has 1 atom stereocenters. The quantitative estimate of drug-likeness (QED) is 0.832. The van der Waals surface area contributed by atoms with Crippen molar-refractivity contribution in [3.05, 3.63) is 45.1 Å². The third-order valence-electron chi connectivity index (χ3n) is 3.34. The van der Waals surface area contributed by atoms with Gasteiger partial charge >= 0.3 is 0 Å². The molecule has 0 fully saturated rings. The van der Waals surface area contributed by atoms with Crippen LogP contribution < -0.4 is 10.1 Å². The first-order chi connectivity index (χ1) is 10.1. The van der Waals surface area contributed by atoms with Gasteiger partial charge in [-0.25, -0.2) is 0 Å². The van der Waals surface area contributed by atoms with Crippen LogP contribution in [0.3, 0.4) is 0 Å². The van der Waals surface area contributed by atoms with Gasteiger partial charge in [-0.05, 0) is 47.1 Å². The van der Waals surface area contributed by atoms with E-state index in [4.69, 9.17) is 16.3 Å². The summed E-state index contributed by atoms with van der Waals surface area (Å²) in [7, 11) is 3.58. The van der Waals surface area contributed by atoms with E-state index < -0.39 is 0 Å². The summed E-state index contributed by atoms with van der Waals surface area (Å²) in [6.45, 7) is 2.98. The molecule has 1 aromatic carbocycles. The van der Waals surface area contributed by atoms with E-state index in [1.807, 2.05) is 29.9 Å². The summed E-state index contributed by atoms with van der Waals surface area (Å²) < 4.78 is 8.33. The molecule has 0 saturated carbocycles. The highest BCUT2D eigenvalue weighted by Crippen LogP contribution is 2.33. The first-order valence-electron chi connectivity index (χ1n) is 6.84. The van der Waals surface area contributed by atoms with Gasteiger partial charge in [0.25, 0.3) is 0 Å². The number of hydrogen-bond acceptors (Lipinski definition) is 3. The fourth-order valence-electron chi connectivity index (χ4n) is 2.37. The Hall–Kier alpha value is -1.04. The molecule has 0 aliphatic heterocycles. The molecular weight excluding hydrogens is 354 g/mol. The normalized spacial score (nSPS) is 12.4. The van der Waals surface area contributed by atoms with Gasteiger partial charge in [0.05, 0.1) is 24.4 Å². The topological polar surface area (TPSA) is 39.1 Å². The number of aryl methyl sites for hydroxylation is 1. The van der Waals surface area contributed by atoms with Crippen molar-refractivity contribution in [2.45, 2.75) is 25.9 Å². The van der Waals surface area contributed by atoms with Crippen LogP contribution in [-0.4, -0.2) is 23.9 Å². The van der Waals surface area contributed by atoms with E-state index in [0.717, 1.165) is 34.4 Å². The summed E-state index contributed by atoms with van der Waals surface area (Å²) in [4.78, 5) is 0. The maximum atomic E-state index is 6.22. The SMILES string of the molecule is CCCn1ncc(OC)c1C(NC)c1ccc(Br)c(Cl)c1. The number of nitrogens with zero attached hydrogens (tertiary/aromatic N) is 2. The summed E-state index contributed by atoms with van der Waals surface area (Å²) in [5.74, 6) is 0.779. The van der Waals surface area contributed by atoms with Gasteiger partial charge in [0.15, 0.2) is 5.75 Å². The Kier molecular flexibility index (Phi) is 5.67. The lowest BCUT2D eigenvalue weighted by atomic mass is 10.0. The zero-order chi connectivity index (χ0) is 15.4. The summed E-state index contributed by atoms with van der Waals surface area (Å²) in [5, 5.41) is 8.43. The zero-order valence-corrected chi connectivity index (χ0v) is 14.7. The van der Waals surface area contributed by atoms with Gasteiger partial charge in [-0.1, -0.05) is 24.6 Å². The minimum atomic E-state index is -0.0281. The lowest BCUT2D eigenvalue weighted by molar-refractivity contribution is 0.400. The van der Waals surface area contributed by atoms with Gasteiger partial charge in [-0.3, -0.25) is 4.68 Å². The summed E-state index contributed by atoms with van der Waals surface area (Å²) >= 11 is 9.64. The predicted molar refractivity (Wildman–Crippen MR) is 89.1 cm³/mol. The second kappa shape index (κ2) is 7.29. The Balaban J connectivity index is 2.49. The zero-order valence-electron chi connectivity index (χ0n) is 12.4. The van der Waals surface area contributed by atoms with Gasteiger partial charge in [0.2, 0.25) is 0 Å². The third-order valence-corrected chi connectivity index (χ3v) is 4.57. The molecule has 114 valence electrons. The minimum absolute atomic E-state index is 0.0281. The molecule has 21 heavy (non-hydrogen) atoms. The summed E-state index contributed by atoms with van der Waals surface area (Å²) in [6.07, 6.45) is 2.77. The highest BCUT2D eigenvalue weighted by atomic mass is 79.9. The van der Waals surface area contributed by atoms with Crippen LogP contribution in [0.15, 0.2) is 28.9 Å². The maximum absolute atomic E-state index is 6.22. The third kappa shape index (κ3) is 3.42. The lowest BCUT2D eigenvalue weighted by Gasteiger charge is -2.20. The monoisotopic (exact) mass is 371 g/mol. The average Bonchev–Trinajstić information content (AvgIpc) is 2.87. The first kappa shape index (κ1) is 16.3. The van der Waals surface area contributed by atoms with Crippen molar-refractivity contribution in [3.8, 4) is 5.75 Å². The van der Waals surface area contributed by atoms with E-state index in [9.17, 15) is 0 Å². The minimum Gasteiger partial charge on any atom is -0.493 e. The van der Waals surface area contributed by atoms with Crippen molar-refractivity contribution in [2.75, 3.05) is 14.2 Å². The Morgan fingerprint density at radius 2 is 2.24 bits per heavy atom. The first-order valence-corrected chi connectivity index (χ1v) is 8.01. The molecule has 1 heterocycles. The van der Waals surface area contributed by atoms with Crippen LogP contribution in [-0.2, 0) is 6.54 Å². The molecule has 2 rings (SSSR count). The maximum Gasteiger partial charge on any atom is 0.161 e. The molecule has 0 amide bonds.